The number of benzene rings is 4. The predicted molar refractivity (Wildman–Crippen MR) is 164 cm³/mol. The summed E-state index contributed by atoms with van der Waals surface area (Å²) in [7, 11) is 0. The number of hydrogen-bond acceptors (Lipinski definition) is 6. The Morgan fingerprint density at radius 1 is 0.837 bits per heavy atom. The van der Waals surface area contributed by atoms with Gasteiger partial charge in [-0.25, -0.2) is 9.07 Å². The smallest absolute Gasteiger partial charge is 0.244 e. The SMILES string of the molecule is CC1(C)S[C@@H]2C(NC(c3ccccc3)(c3ccccc3)c3ccccc3)C(=O)N2C1c1nnnn1Cc1ccc(F)cc1. The third-order valence-corrected chi connectivity index (χ3v) is 10.1. The average molecular weight is 591 g/mol. The molecule has 5 aromatic rings. The number of thioether (sulfide) groups is 1. The lowest BCUT2D eigenvalue weighted by Gasteiger charge is -2.49. The zero-order valence-corrected chi connectivity index (χ0v) is 24.7. The van der Waals surface area contributed by atoms with Crippen LogP contribution in [0.3, 0.4) is 0 Å². The minimum absolute atomic E-state index is 0.0107. The summed E-state index contributed by atoms with van der Waals surface area (Å²) >= 11 is 1.76. The Morgan fingerprint density at radius 2 is 1.37 bits per heavy atom. The lowest BCUT2D eigenvalue weighted by molar-refractivity contribution is -0.150. The third kappa shape index (κ3) is 4.63. The monoisotopic (exact) mass is 590 g/mol. The first-order chi connectivity index (χ1) is 20.9. The summed E-state index contributed by atoms with van der Waals surface area (Å²) in [5.74, 6) is 0.340. The summed E-state index contributed by atoms with van der Waals surface area (Å²) in [5, 5.41) is 16.4. The number of tetrazole rings is 1. The van der Waals surface area contributed by atoms with Crippen LogP contribution in [0.25, 0.3) is 0 Å². The maximum atomic E-state index is 14.2. The van der Waals surface area contributed by atoms with Gasteiger partial charge in [-0.1, -0.05) is 103 Å². The lowest BCUT2D eigenvalue weighted by Crippen LogP contribution is -2.70. The molecule has 2 saturated heterocycles. The van der Waals surface area contributed by atoms with E-state index in [1.165, 1.54) is 12.1 Å². The fourth-order valence-corrected chi connectivity index (χ4v) is 8.12. The van der Waals surface area contributed by atoms with Crippen molar-refractivity contribution in [3.05, 3.63) is 149 Å². The molecule has 2 aliphatic heterocycles. The number of rotatable bonds is 8. The second kappa shape index (κ2) is 10.7. The molecule has 2 aliphatic rings. The van der Waals surface area contributed by atoms with Gasteiger partial charge in [0, 0.05) is 4.75 Å². The van der Waals surface area contributed by atoms with Gasteiger partial charge in [0.1, 0.15) is 23.3 Å². The molecule has 0 spiro atoms. The molecule has 3 heterocycles. The van der Waals surface area contributed by atoms with Crippen molar-refractivity contribution in [1.29, 1.82) is 0 Å². The summed E-state index contributed by atoms with van der Waals surface area (Å²) in [6.45, 7) is 4.66. The molecule has 0 bridgehead atoms. The van der Waals surface area contributed by atoms with Crippen LogP contribution in [0.5, 0.6) is 0 Å². The Labute approximate surface area is 254 Å². The Kier molecular flexibility index (Phi) is 6.86. The summed E-state index contributed by atoms with van der Waals surface area (Å²) in [6.07, 6.45) is 0. The Hall–Kier alpha value is -4.34. The number of fused-ring (bicyclic) bond motifs is 1. The van der Waals surface area contributed by atoms with E-state index in [4.69, 9.17) is 0 Å². The normalized spacial score (nSPS) is 21.0. The number of nitrogens with zero attached hydrogens (tertiary/aromatic N) is 5. The highest BCUT2D eigenvalue weighted by atomic mass is 32.2. The third-order valence-electron chi connectivity index (χ3n) is 8.48. The molecule has 0 saturated carbocycles. The van der Waals surface area contributed by atoms with Gasteiger partial charge in [-0.2, -0.15) is 0 Å². The summed E-state index contributed by atoms with van der Waals surface area (Å²) in [6, 6.07) is 36.5. The molecule has 7 nitrogen and oxygen atoms in total. The molecule has 7 rings (SSSR count). The molecule has 2 fully saturated rings. The van der Waals surface area contributed by atoms with E-state index < -0.39 is 11.6 Å². The second-order valence-corrected chi connectivity index (χ2v) is 13.3. The number of β-lactam (4-membered cyclic amide) rings is 1. The standard InChI is InChI=1S/C34H31FN6OS/c1-33(2)29(30-37-38-39-40(30)22-23-18-20-27(35)21-19-23)41-31(42)28(32(41)43-33)36-34(24-12-6-3-7-13-24,25-14-8-4-9-15-25)26-16-10-5-11-17-26/h3-21,28-29,32,36H,22H2,1-2H3/t28?,29?,32-/m1/s1. The predicted octanol–water partition coefficient (Wildman–Crippen LogP) is 5.55. The number of carbonyl (C=O) groups excluding carboxylic acids is 1. The Bertz CT molecular complexity index is 1630. The average Bonchev–Trinajstić information content (AvgIpc) is 3.59. The van der Waals surface area contributed by atoms with E-state index in [9.17, 15) is 9.18 Å². The van der Waals surface area contributed by atoms with Crippen LogP contribution in [0, 0.1) is 5.82 Å². The molecule has 216 valence electrons. The number of nitrogens with one attached hydrogen (secondary N) is 1. The molecular weight excluding hydrogens is 559 g/mol. The van der Waals surface area contributed by atoms with Crippen molar-refractivity contribution in [3.8, 4) is 0 Å². The minimum atomic E-state index is -0.761. The van der Waals surface area contributed by atoms with Crippen molar-refractivity contribution in [1.82, 2.24) is 30.4 Å². The first-order valence-corrected chi connectivity index (χ1v) is 15.2. The van der Waals surface area contributed by atoms with Crippen molar-refractivity contribution in [2.24, 2.45) is 0 Å². The highest BCUT2D eigenvalue weighted by Gasteiger charge is 2.64. The van der Waals surface area contributed by atoms with Crippen molar-refractivity contribution in [2.45, 2.75) is 48.1 Å². The molecule has 3 atom stereocenters. The maximum Gasteiger partial charge on any atom is 0.244 e. The van der Waals surface area contributed by atoms with Crippen LogP contribution >= 0.6 is 11.8 Å². The first kappa shape index (κ1) is 27.5. The van der Waals surface area contributed by atoms with E-state index in [-0.39, 0.29) is 27.9 Å². The Morgan fingerprint density at radius 3 is 1.91 bits per heavy atom. The zero-order chi connectivity index (χ0) is 29.6. The maximum absolute atomic E-state index is 14.2. The van der Waals surface area contributed by atoms with Gasteiger partial charge >= 0.3 is 0 Å². The number of carbonyl (C=O) groups is 1. The molecule has 1 amide bonds. The quantitative estimate of drug-likeness (QED) is 0.189. The van der Waals surface area contributed by atoms with Crippen LogP contribution in [0.1, 0.15) is 48.0 Å². The van der Waals surface area contributed by atoms with Crippen molar-refractivity contribution >= 4 is 17.7 Å². The van der Waals surface area contributed by atoms with Crippen LogP contribution < -0.4 is 5.32 Å². The van der Waals surface area contributed by atoms with E-state index >= 15 is 0 Å². The van der Waals surface area contributed by atoms with E-state index in [0.717, 1.165) is 22.3 Å². The largest absolute Gasteiger partial charge is 0.315 e. The Balaban J connectivity index is 1.26. The van der Waals surface area contributed by atoms with Gasteiger partial charge in [-0.05, 0) is 58.7 Å². The van der Waals surface area contributed by atoms with Gasteiger partial charge in [0.2, 0.25) is 5.91 Å². The molecule has 4 aromatic carbocycles. The highest BCUT2D eigenvalue weighted by Crippen LogP contribution is 2.57. The van der Waals surface area contributed by atoms with Crippen LogP contribution in [0.4, 0.5) is 4.39 Å². The van der Waals surface area contributed by atoms with Gasteiger partial charge in [0.25, 0.3) is 0 Å². The number of halogens is 1. The second-order valence-electron chi connectivity index (χ2n) is 11.6. The van der Waals surface area contributed by atoms with Crippen molar-refractivity contribution in [2.75, 3.05) is 0 Å². The fourth-order valence-electron chi connectivity index (χ4n) is 6.49. The lowest BCUT2D eigenvalue weighted by atomic mass is 9.76. The number of hydrogen-bond donors (Lipinski definition) is 1. The van der Waals surface area contributed by atoms with Crippen LogP contribution in [0.15, 0.2) is 115 Å². The molecular formula is C34H31FN6OS. The van der Waals surface area contributed by atoms with Gasteiger partial charge < -0.3 is 4.90 Å². The van der Waals surface area contributed by atoms with Crippen molar-refractivity contribution in [3.63, 3.8) is 0 Å². The topological polar surface area (TPSA) is 75.9 Å². The zero-order valence-electron chi connectivity index (χ0n) is 23.8. The van der Waals surface area contributed by atoms with Crippen LogP contribution in [-0.4, -0.2) is 47.2 Å². The van der Waals surface area contributed by atoms with Gasteiger partial charge in [0.05, 0.1) is 12.1 Å². The van der Waals surface area contributed by atoms with Crippen molar-refractivity contribution < 1.29 is 9.18 Å². The molecule has 43 heavy (non-hydrogen) atoms. The molecule has 1 aromatic heterocycles. The molecule has 0 aliphatic carbocycles. The molecule has 2 unspecified atom stereocenters. The summed E-state index contributed by atoms with van der Waals surface area (Å²) in [5.41, 5.74) is 3.29. The van der Waals surface area contributed by atoms with E-state index in [2.05, 4.69) is 71.1 Å². The van der Waals surface area contributed by atoms with E-state index in [0.29, 0.717) is 12.4 Å². The minimum Gasteiger partial charge on any atom is -0.315 e. The molecule has 9 heteroatoms. The molecule has 0 radical (unpaired) electrons. The fraction of sp³-hybridized carbons (Fsp3) is 0.235. The van der Waals surface area contributed by atoms with Gasteiger partial charge in [-0.15, -0.1) is 16.9 Å². The number of amides is 1. The highest BCUT2D eigenvalue weighted by molar-refractivity contribution is 8.01. The van der Waals surface area contributed by atoms with Crippen LogP contribution in [-0.2, 0) is 16.9 Å². The van der Waals surface area contributed by atoms with E-state index in [1.54, 1.807) is 28.6 Å². The van der Waals surface area contributed by atoms with Gasteiger partial charge in [-0.3, -0.25) is 10.1 Å². The van der Waals surface area contributed by atoms with Crippen LogP contribution in [0.2, 0.25) is 0 Å². The number of aromatic nitrogens is 4. The van der Waals surface area contributed by atoms with Gasteiger partial charge in [0.15, 0.2) is 5.82 Å². The van der Waals surface area contributed by atoms with E-state index in [1.807, 2.05) is 59.5 Å². The summed E-state index contributed by atoms with van der Waals surface area (Å²) < 4.78 is 14.9. The first-order valence-electron chi connectivity index (χ1n) is 14.3. The molecule has 1 N–H and O–H groups in total. The summed E-state index contributed by atoms with van der Waals surface area (Å²) in [4.78, 5) is 16.2.